The number of nitrogens with zero attached hydrogens (tertiary/aromatic N) is 1. The minimum atomic E-state index is 0.0960. The lowest BCUT2D eigenvalue weighted by atomic mass is 9.85. The average Bonchev–Trinajstić information content (AvgIpc) is 3.07. The SMILES string of the molecule is CC.CC(C(=O)c1cnc2c(c1)CCC(C)(C)N2)C1CC[C@H](C)C1.CC(C)=O. The van der Waals surface area contributed by atoms with Gasteiger partial charge in [-0.3, -0.25) is 4.79 Å². The van der Waals surface area contributed by atoms with Crippen LogP contribution in [0.1, 0.15) is 97.0 Å². The summed E-state index contributed by atoms with van der Waals surface area (Å²) < 4.78 is 0. The number of ketones is 2. The van der Waals surface area contributed by atoms with E-state index in [1.165, 1.54) is 38.7 Å². The Hall–Kier alpha value is -1.71. The van der Waals surface area contributed by atoms with Crippen LogP contribution in [-0.4, -0.2) is 22.1 Å². The number of carbonyl (C=O) groups excluding carboxylic acids is 2. The fourth-order valence-electron chi connectivity index (χ4n) is 3.96. The largest absolute Gasteiger partial charge is 0.365 e. The maximum atomic E-state index is 12.8. The number of rotatable bonds is 3. The van der Waals surface area contributed by atoms with Crippen molar-refractivity contribution in [3.05, 3.63) is 23.4 Å². The van der Waals surface area contributed by atoms with Crippen LogP contribution >= 0.6 is 0 Å². The Labute approximate surface area is 171 Å². The third-order valence-electron chi connectivity index (χ3n) is 5.58. The molecule has 2 unspecified atom stereocenters. The number of Topliss-reactive ketones (excluding diaryl/α,β-unsaturated/α-hetero) is 2. The maximum absolute atomic E-state index is 12.8. The van der Waals surface area contributed by atoms with Crippen LogP contribution in [0.3, 0.4) is 0 Å². The first-order valence-electron chi connectivity index (χ1n) is 10.9. The van der Waals surface area contributed by atoms with Crippen LogP contribution in [-0.2, 0) is 11.2 Å². The molecule has 1 aliphatic carbocycles. The Kier molecular flexibility index (Phi) is 9.32. The molecule has 0 aromatic carbocycles. The Balaban J connectivity index is 0.000000583. The number of hydrogen-bond acceptors (Lipinski definition) is 4. The van der Waals surface area contributed by atoms with E-state index in [0.717, 1.165) is 30.1 Å². The van der Waals surface area contributed by atoms with Gasteiger partial charge in [0.2, 0.25) is 0 Å². The Morgan fingerprint density at radius 2 is 1.82 bits per heavy atom. The Morgan fingerprint density at radius 1 is 1.21 bits per heavy atom. The molecule has 1 aromatic heterocycles. The highest BCUT2D eigenvalue weighted by atomic mass is 16.1. The van der Waals surface area contributed by atoms with Crippen molar-refractivity contribution < 1.29 is 9.59 Å². The molecule has 3 rings (SSSR count). The summed E-state index contributed by atoms with van der Waals surface area (Å²) in [6.45, 7) is 15.8. The fourth-order valence-corrected chi connectivity index (χ4v) is 3.96. The molecule has 0 amide bonds. The quantitative estimate of drug-likeness (QED) is 0.636. The van der Waals surface area contributed by atoms with Gasteiger partial charge in [-0.1, -0.05) is 34.1 Å². The highest BCUT2D eigenvalue weighted by Crippen LogP contribution is 2.37. The van der Waals surface area contributed by atoms with Gasteiger partial charge in [0.15, 0.2) is 5.78 Å². The molecule has 0 bridgehead atoms. The molecule has 28 heavy (non-hydrogen) atoms. The van der Waals surface area contributed by atoms with Gasteiger partial charge in [-0.25, -0.2) is 4.98 Å². The molecule has 158 valence electrons. The second-order valence-corrected chi connectivity index (χ2v) is 8.98. The number of fused-ring (bicyclic) bond motifs is 1. The van der Waals surface area contributed by atoms with Gasteiger partial charge in [0, 0.05) is 23.2 Å². The van der Waals surface area contributed by atoms with E-state index in [1.54, 1.807) is 6.20 Å². The zero-order chi connectivity index (χ0) is 21.5. The first kappa shape index (κ1) is 24.3. The van der Waals surface area contributed by atoms with E-state index in [4.69, 9.17) is 0 Å². The molecule has 1 aliphatic heterocycles. The molecule has 1 N–H and O–H groups in total. The van der Waals surface area contributed by atoms with Gasteiger partial charge in [0.25, 0.3) is 0 Å². The van der Waals surface area contributed by atoms with Gasteiger partial charge in [-0.2, -0.15) is 0 Å². The van der Waals surface area contributed by atoms with Crippen molar-refractivity contribution in [2.24, 2.45) is 17.8 Å². The monoisotopic (exact) mass is 388 g/mol. The van der Waals surface area contributed by atoms with Crippen molar-refractivity contribution >= 4 is 17.4 Å². The number of nitrogens with one attached hydrogen (secondary N) is 1. The van der Waals surface area contributed by atoms with Crippen LogP contribution < -0.4 is 5.32 Å². The number of aryl methyl sites for hydroxylation is 1. The summed E-state index contributed by atoms with van der Waals surface area (Å²) in [5.74, 6) is 2.84. The van der Waals surface area contributed by atoms with Crippen LogP contribution in [0.25, 0.3) is 0 Å². The smallest absolute Gasteiger partial charge is 0.167 e. The molecule has 3 atom stereocenters. The molecule has 0 spiro atoms. The summed E-state index contributed by atoms with van der Waals surface area (Å²) in [5, 5.41) is 3.47. The molecule has 1 fully saturated rings. The van der Waals surface area contributed by atoms with Crippen LogP contribution in [0.5, 0.6) is 0 Å². The van der Waals surface area contributed by atoms with Crippen molar-refractivity contribution in [2.45, 2.75) is 93.0 Å². The lowest BCUT2D eigenvalue weighted by Crippen LogP contribution is -2.35. The second-order valence-electron chi connectivity index (χ2n) is 8.98. The van der Waals surface area contributed by atoms with Crippen LogP contribution in [0.4, 0.5) is 5.82 Å². The van der Waals surface area contributed by atoms with Gasteiger partial charge in [0.05, 0.1) is 0 Å². The van der Waals surface area contributed by atoms with Crippen LogP contribution in [0.2, 0.25) is 0 Å². The molecule has 2 heterocycles. The van der Waals surface area contributed by atoms with Gasteiger partial charge < -0.3 is 10.1 Å². The van der Waals surface area contributed by atoms with E-state index in [1.807, 2.05) is 13.8 Å². The standard InChI is InChI=1S/C19H28N2O.C3H6O.C2H6/c1-12-5-6-14(9-12)13(2)17(22)16-10-15-7-8-19(3,4)21-18(15)20-11-16;1-3(2)4;1-2/h10-14H,5-9H2,1-4H3,(H,20,21);1-2H3;1-2H3/t12-,13?,14?;;/m0../s1. The van der Waals surface area contributed by atoms with Gasteiger partial charge in [0.1, 0.15) is 11.6 Å². The Morgan fingerprint density at radius 3 is 2.36 bits per heavy atom. The summed E-state index contributed by atoms with van der Waals surface area (Å²) in [6, 6.07) is 2.07. The first-order chi connectivity index (χ1) is 13.1. The number of aromatic nitrogens is 1. The first-order valence-corrected chi connectivity index (χ1v) is 10.9. The van der Waals surface area contributed by atoms with E-state index in [0.29, 0.717) is 5.92 Å². The lowest BCUT2D eigenvalue weighted by Gasteiger charge is -2.33. The van der Waals surface area contributed by atoms with Crippen molar-refractivity contribution in [2.75, 3.05) is 5.32 Å². The van der Waals surface area contributed by atoms with Gasteiger partial charge in [-0.05, 0) is 76.8 Å². The number of pyridine rings is 1. The highest BCUT2D eigenvalue weighted by Gasteiger charge is 2.32. The fraction of sp³-hybridized carbons (Fsp3) is 0.708. The van der Waals surface area contributed by atoms with E-state index < -0.39 is 0 Å². The van der Waals surface area contributed by atoms with Crippen molar-refractivity contribution in [1.82, 2.24) is 4.98 Å². The van der Waals surface area contributed by atoms with Crippen molar-refractivity contribution in [3.63, 3.8) is 0 Å². The lowest BCUT2D eigenvalue weighted by molar-refractivity contribution is -0.115. The summed E-state index contributed by atoms with van der Waals surface area (Å²) in [6.07, 6.45) is 7.50. The summed E-state index contributed by atoms with van der Waals surface area (Å²) >= 11 is 0. The maximum Gasteiger partial charge on any atom is 0.167 e. The summed E-state index contributed by atoms with van der Waals surface area (Å²) in [7, 11) is 0. The zero-order valence-electron chi connectivity index (χ0n) is 19.2. The van der Waals surface area contributed by atoms with E-state index >= 15 is 0 Å². The van der Waals surface area contributed by atoms with Crippen LogP contribution in [0.15, 0.2) is 12.3 Å². The molecule has 2 aliphatic rings. The predicted molar refractivity (Wildman–Crippen MR) is 118 cm³/mol. The van der Waals surface area contributed by atoms with E-state index in [9.17, 15) is 9.59 Å². The van der Waals surface area contributed by atoms with Crippen LogP contribution in [0, 0.1) is 17.8 Å². The highest BCUT2D eigenvalue weighted by molar-refractivity contribution is 5.98. The number of hydrogen-bond donors (Lipinski definition) is 1. The van der Waals surface area contributed by atoms with Gasteiger partial charge >= 0.3 is 0 Å². The second kappa shape index (κ2) is 10.7. The normalized spacial score (nSPS) is 23.0. The van der Waals surface area contributed by atoms with Crippen molar-refractivity contribution in [1.29, 1.82) is 0 Å². The number of anilines is 1. The van der Waals surface area contributed by atoms with E-state index in [2.05, 4.69) is 44.1 Å². The number of carbonyl (C=O) groups is 2. The minimum Gasteiger partial charge on any atom is -0.365 e. The minimum absolute atomic E-state index is 0.0960. The molecular formula is C24H40N2O2. The van der Waals surface area contributed by atoms with E-state index in [-0.39, 0.29) is 23.0 Å². The Bertz CT molecular complexity index is 663. The van der Waals surface area contributed by atoms with Gasteiger partial charge in [-0.15, -0.1) is 0 Å². The zero-order valence-corrected chi connectivity index (χ0v) is 19.2. The summed E-state index contributed by atoms with van der Waals surface area (Å²) in [4.78, 5) is 26.8. The predicted octanol–water partition coefficient (Wildman–Crippen LogP) is 6.09. The molecule has 4 heteroatoms. The average molecular weight is 389 g/mol. The molecule has 0 radical (unpaired) electrons. The third kappa shape index (κ3) is 7.03. The molecule has 1 saturated carbocycles. The molecule has 0 saturated heterocycles. The third-order valence-corrected chi connectivity index (χ3v) is 5.58. The topological polar surface area (TPSA) is 59.1 Å². The molecule has 4 nitrogen and oxygen atoms in total. The molecule has 1 aromatic rings. The summed E-state index contributed by atoms with van der Waals surface area (Å²) in [5.41, 5.74) is 2.09. The van der Waals surface area contributed by atoms with Crippen molar-refractivity contribution in [3.8, 4) is 0 Å². The molecular weight excluding hydrogens is 348 g/mol.